The van der Waals surface area contributed by atoms with Crippen LogP contribution in [0.2, 0.25) is 0 Å². The second-order valence-corrected chi connectivity index (χ2v) is 8.61. The SMILES string of the molecule is COc1cc(N2CCCN(C(=O)NCCn3cnc4ccccc43)CC2)ccc1-c1cnc(C)o1. The minimum atomic E-state index is -0.0233. The van der Waals surface area contributed by atoms with Crippen LogP contribution in [0, 0.1) is 6.92 Å². The number of rotatable bonds is 6. The van der Waals surface area contributed by atoms with Gasteiger partial charge in [-0.15, -0.1) is 0 Å². The summed E-state index contributed by atoms with van der Waals surface area (Å²) >= 11 is 0. The number of amides is 2. The summed E-state index contributed by atoms with van der Waals surface area (Å²) in [6, 6.07) is 14.1. The standard InChI is InChI=1S/C26H30N6O3/c1-19-28-17-25(35-19)21-9-8-20(16-24(21)34-2)30-11-5-12-31(15-14-30)26(33)27-10-13-32-18-29-22-6-3-4-7-23(22)32/h3-4,6-9,16-18H,5,10-15H2,1-2H3,(H,27,33). The molecule has 0 unspecified atom stereocenters. The highest BCUT2D eigenvalue weighted by molar-refractivity contribution is 5.76. The lowest BCUT2D eigenvalue weighted by Gasteiger charge is -2.24. The summed E-state index contributed by atoms with van der Waals surface area (Å²) < 4.78 is 13.4. The van der Waals surface area contributed by atoms with Gasteiger partial charge in [-0.3, -0.25) is 0 Å². The van der Waals surface area contributed by atoms with E-state index in [9.17, 15) is 4.79 Å². The first-order valence-electron chi connectivity index (χ1n) is 11.9. The lowest BCUT2D eigenvalue weighted by molar-refractivity contribution is 0.201. The molecule has 182 valence electrons. The van der Waals surface area contributed by atoms with Crippen molar-refractivity contribution in [1.82, 2.24) is 24.8 Å². The van der Waals surface area contributed by atoms with Gasteiger partial charge in [-0.05, 0) is 30.7 Å². The first-order valence-corrected chi connectivity index (χ1v) is 11.9. The predicted molar refractivity (Wildman–Crippen MR) is 135 cm³/mol. The van der Waals surface area contributed by atoms with Gasteiger partial charge < -0.3 is 28.8 Å². The third kappa shape index (κ3) is 4.94. The molecular formula is C26H30N6O3. The maximum atomic E-state index is 12.8. The Hall–Kier alpha value is -4.01. The molecule has 9 nitrogen and oxygen atoms in total. The van der Waals surface area contributed by atoms with Crippen molar-refractivity contribution in [2.45, 2.75) is 19.9 Å². The molecule has 5 rings (SSSR count). The Balaban J connectivity index is 1.17. The van der Waals surface area contributed by atoms with E-state index in [1.807, 2.05) is 54.5 Å². The summed E-state index contributed by atoms with van der Waals surface area (Å²) in [7, 11) is 1.66. The number of ether oxygens (including phenoxy) is 1. The Morgan fingerprint density at radius 3 is 2.83 bits per heavy atom. The van der Waals surface area contributed by atoms with Crippen LogP contribution < -0.4 is 15.0 Å². The van der Waals surface area contributed by atoms with E-state index in [2.05, 4.69) is 30.8 Å². The Kier molecular flexibility index (Phi) is 6.56. The van der Waals surface area contributed by atoms with Crippen LogP contribution >= 0.6 is 0 Å². The van der Waals surface area contributed by atoms with E-state index >= 15 is 0 Å². The van der Waals surface area contributed by atoms with Crippen LogP contribution in [0.4, 0.5) is 10.5 Å². The summed E-state index contributed by atoms with van der Waals surface area (Å²) in [5.41, 5.74) is 3.98. The number of carbonyl (C=O) groups excluding carboxylic acids is 1. The van der Waals surface area contributed by atoms with E-state index in [1.54, 1.807) is 13.3 Å². The number of hydrogen-bond acceptors (Lipinski definition) is 6. The molecule has 35 heavy (non-hydrogen) atoms. The Bertz CT molecular complexity index is 1310. The number of nitrogens with zero attached hydrogens (tertiary/aromatic N) is 5. The number of imidazole rings is 1. The van der Waals surface area contributed by atoms with Crippen LogP contribution in [0.5, 0.6) is 5.75 Å². The Morgan fingerprint density at radius 1 is 1.11 bits per heavy atom. The van der Waals surface area contributed by atoms with Gasteiger partial charge in [0.25, 0.3) is 0 Å². The van der Waals surface area contributed by atoms with E-state index in [4.69, 9.17) is 9.15 Å². The van der Waals surface area contributed by atoms with Crippen molar-refractivity contribution < 1.29 is 13.9 Å². The zero-order valence-corrected chi connectivity index (χ0v) is 20.1. The summed E-state index contributed by atoms with van der Waals surface area (Å²) in [6.07, 6.45) is 4.43. The molecule has 4 aromatic rings. The molecule has 1 N–H and O–H groups in total. The summed E-state index contributed by atoms with van der Waals surface area (Å²) in [5, 5.41) is 3.07. The van der Waals surface area contributed by atoms with Gasteiger partial charge in [0.1, 0.15) is 5.75 Å². The van der Waals surface area contributed by atoms with Crippen LogP contribution in [0.25, 0.3) is 22.4 Å². The molecule has 0 radical (unpaired) electrons. The van der Waals surface area contributed by atoms with Crippen molar-refractivity contribution in [3.63, 3.8) is 0 Å². The van der Waals surface area contributed by atoms with Gasteiger partial charge in [-0.2, -0.15) is 0 Å². The molecule has 9 heteroatoms. The second kappa shape index (κ2) is 10.1. The molecular weight excluding hydrogens is 444 g/mol. The predicted octanol–water partition coefficient (Wildman–Crippen LogP) is 3.93. The van der Waals surface area contributed by atoms with Crippen LogP contribution in [-0.4, -0.2) is 65.3 Å². The number of fused-ring (bicyclic) bond motifs is 1. The number of anilines is 1. The lowest BCUT2D eigenvalue weighted by atomic mass is 10.1. The maximum absolute atomic E-state index is 12.8. The smallest absolute Gasteiger partial charge is 0.317 e. The fourth-order valence-corrected chi connectivity index (χ4v) is 4.53. The molecule has 0 bridgehead atoms. The number of methoxy groups -OCH3 is 1. The molecule has 1 fully saturated rings. The van der Waals surface area contributed by atoms with Crippen molar-refractivity contribution in [3.05, 3.63) is 60.9 Å². The Labute approximate surface area is 204 Å². The third-order valence-electron chi connectivity index (χ3n) is 6.38. The number of carbonyl (C=O) groups is 1. The molecule has 0 spiro atoms. The highest BCUT2D eigenvalue weighted by Crippen LogP contribution is 2.34. The summed E-state index contributed by atoms with van der Waals surface area (Å²) in [6.45, 7) is 6.07. The molecule has 1 saturated heterocycles. The number of nitrogens with one attached hydrogen (secondary N) is 1. The number of aromatic nitrogens is 3. The fourth-order valence-electron chi connectivity index (χ4n) is 4.53. The van der Waals surface area contributed by atoms with Gasteiger partial charge in [0, 0.05) is 57.9 Å². The molecule has 2 aromatic carbocycles. The van der Waals surface area contributed by atoms with Gasteiger partial charge in [-0.1, -0.05) is 12.1 Å². The van der Waals surface area contributed by atoms with E-state index in [0.29, 0.717) is 31.3 Å². The van der Waals surface area contributed by atoms with Crippen molar-refractivity contribution >= 4 is 22.8 Å². The van der Waals surface area contributed by atoms with Crippen LogP contribution in [0.15, 0.2) is 59.4 Å². The third-order valence-corrected chi connectivity index (χ3v) is 6.38. The lowest BCUT2D eigenvalue weighted by Crippen LogP contribution is -2.43. The van der Waals surface area contributed by atoms with Gasteiger partial charge in [0.2, 0.25) is 0 Å². The first kappa shape index (κ1) is 22.8. The first-order chi connectivity index (χ1) is 17.1. The van der Waals surface area contributed by atoms with Crippen LogP contribution in [0.1, 0.15) is 12.3 Å². The second-order valence-electron chi connectivity index (χ2n) is 8.61. The van der Waals surface area contributed by atoms with E-state index < -0.39 is 0 Å². The van der Waals surface area contributed by atoms with Crippen molar-refractivity contribution in [2.24, 2.45) is 0 Å². The molecule has 3 heterocycles. The fraction of sp³-hybridized carbons (Fsp3) is 0.346. The average molecular weight is 475 g/mol. The summed E-state index contributed by atoms with van der Waals surface area (Å²) in [4.78, 5) is 25.6. The van der Waals surface area contributed by atoms with Gasteiger partial charge in [-0.25, -0.2) is 14.8 Å². The number of aryl methyl sites for hydroxylation is 1. The normalized spacial score (nSPS) is 14.2. The highest BCUT2D eigenvalue weighted by atomic mass is 16.5. The Morgan fingerprint density at radius 2 is 2.00 bits per heavy atom. The van der Waals surface area contributed by atoms with E-state index in [0.717, 1.165) is 54.1 Å². The van der Waals surface area contributed by atoms with Crippen LogP contribution in [0.3, 0.4) is 0 Å². The minimum Gasteiger partial charge on any atom is -0.496 e. The van der Waals surface area contributed by atoms with Gasteiger partial charge in [0.15, 0.2) is 11.7 Å². The summed E-state index contributed by atoms with van der Waals surface area (Å²) in [5.74, 6) is 2.05. The number of benzene rings is 2. The van der Waals surface area contributed by atoms with Gasteiger partial charge in [0.05, 0.1) is 36.2 Å². The number of urea groups is 1. The van der Waals surface area contributed by atoms with Gasteiger partial charge >= 0.3 is 6.03 Å². The molecule has 0 saturated carbocycles. The molecule has 2 amide bonds. The monoisotopic (exact) mass is 474 g/mol. The zero-order valence-electron chi connectivity index (χ0n) is 20.1. The molecule has 0 atom stereocenters. The van der Waals surface area contributed by atoms with Crippen molar-refractivity contribution in [1.29, 1.82) is 0 Å². The van der Waals surface area contributed by atoms with Crippen molar-refractivity contribution in [2.75, 3.05) is 44.7 Å². The van der Waals surface area contributed by atoms with Crippen molar-refractivity contribution in [3.8, 4) is 17.1 Å². The molecule has 1 aliphatic heterocycles. The largest absolute Gasteiger partial charge is 0.496 e. The van der Waals surface area contributed by atoms with E-state index in [1.165, 1.54) is 0 Å². The maximum Gasteiger partial charge on any atom is 0.317 e. The average Bonchev–Trinajstić information content (AvgIpc) is 3.41. The number of hydrogen-bond donors (Lipinski definition) is 1. The number of oxazole rings is 1. The minimum absolute atomic E-state index is 0.0233. The molecule has 1 aliphatic rings. The number of para-hydroxylation sites is 2. The molecule has 0 aliphatic carbocycles. The van der Waals surface area contributed by atoms with Crippen LogP contribution in [-0.2, 0) is 6.54 Å². The zero-order chi connectivity index (χ0) is 24.2. The quantitative estimate of drug-likeness (QED) is 0.456. The highest BCUT2D eigenvalue weighted by Gasteiger charge is 2.20. The van der Waals surface area contributed by atoms with E-state index in [-0.39, 0.29) is 6.03 Å². The topological polar surface area (TPSA) is 88.7 Å². The molecule has 2 aromatic heterocycles.